The predicted molar refractivity (Wildman–Crippen MR) is 88.2 cm³/mol. The van der Waals surface area contributed by atoms with Gasteiger partial charge in [-0.15, -0.1) is 0 Å². The minimum absolute atomic E-state index is 0.243. The molecule has 2 rings (SSSR count). The fourth-order valence-corrected chi connectivity index (χ4v) is 3.25. The zero-order chi connectivity index (χ0) is 14.4. The molecular formula is C16H25BrN2O. The van der Waals surface area contributed by atoms with Gasteiger partial charge in [-0.25, -0.2) is 0 Å². The van der Waals surface area contributed by atoms with E-state index in [9.17, 15) is 5.11 Å². The Morgan fingerprint density at radius 3 is 2.95 bits per heavy atom. The summed E-state index contributed by atoms with van der Waals surface area (Å²) in [5, 5.41) is 13.1. The molecule has 1 saturated heterocycles. The monoisotopic (exact) mass is 340 g/mol. The third kappa shape index (κ3) is 3.96. The molecule has 112 valence electrons. The standard InChI is InChI=1S/C16H25BrN2O/c1-2-18-11-13-7-8-14(17)10-16(13)19-9-5-3-4-6-15(19)12-20/h7-8,10,15,18,20H,2-6,9,11-12H2,1H3. The second-order valence-electron chi connectivity index (χ2n) is 5.43. The van der Waals surface area contributed by atoms with Gasteiger partial charge in [0, 0.05) is 23.2 Å². The summed E-state index contributed by atoms with van der Waals surface area (Å²) in [6.45, 7) is 5.27. The molecule has 0 amide bonds. The fourth-order valence-electron chi connectivity index (χ4n) is 2.90. The average Bonchev–Trinajstić information content (AvgIpc) is 2.71. The van der Waals surface area contributed by atoms with E-state index in [0.29, 0.717) is 0 Å². The largest absolute Gasteiger partial charge is 0.394 e. The maximum Gasteiger partial charge on any atom is 0.0635 e. The molecular weight excluding hydrogens is 316 g/mol. The van der Waals surface area contributed by atoms with E-state index in [1.807, 2.05) is 0 Å². The lowest BCUT2D eigenvalue weighted by Crippen LogP contribution is -2.38. The van der Waals surface area contributed by atoms with Crippen LogP contribution in [0.2, 0.25) is 0 Å². The molecule has 0 aromatic heterocycles. The topological polar surface area (TPSA) is 35.5 Å². The van der Waals surface area contributed by atoms with Crippen LogP contribution in [0.1, 0.15) is 38.2 Å². The molecule has 1 aliphatic heterocycles. The minimum Gasteiger partial charge on any atom is -0.394 e. The van der Waals surface area contributed by atoms with Gasteiger partial charge in [-0.3, -0.25) is 0 Å². The summed E-state index contributed by atoms with van der Waals surface area (Å²) in [7, 11) is 0. The third-order valence-corrected chi connectivity index (χ3v) is 4.50. The maximum absolute atomic E-state index is 9.72. The quantitative estimate of drug-likeness (QED) is 0.863. The van der Waals surface area contributed by atoms with Gasteiger partial charge in [-0.2, -0.15) is 0 Å². The maximum atomic E-state index is 9.72. The van der Waals surface area contributed by atoms with Crippen molar-refractivity contribution >= 4 is 21.6 Å². The summed E-state index contributed by atoms with van der Waals surface area (Å²) < 4.78 is 1.11. The van der Waals surface area contributed by atoms with Gasteiger partial charge in [0.05, 0.1) is 12.6 Å². The smallest absolute Gasteiger partial charge is 0.0635 e. The van der Waals surface area contributed by atoms with Crippen LogP contribution in [-0.2, 0) is 6.54 Å². The van der Waals surface area contributed by atoms with Crippen molar-refractivity contribution < 1.29 is 5.11 Å². The van der Waals surface area contributed by atoms with Crippen LogP contribution >= 0.6 is 15.9 Å². The van der Waals surface area contributed by atoms with Crippen molar-refractivity contribution in [2.75, 3.05) is 24.6 Å². The number of hydrogen-bond donors (Lipinski definition) is 2. The average molecular weight is 341 g/mol. The number of anilines is 1. The van der Waals surface area contributed by atoms with Gasteiger partial charge in [-0.05, 0) is 37.1 Å². The second-order valence-corrected chi connectivity index (χ2v) is 6.35. The molecule has 0 saturated carbocycles. The van der Waals surface area contributed by atoms with Crippen molar-refractivity contribution in [3.05, 3.63) is 28.2 Å². The number of halogens is 1. The summed E-state index contributed by atoms with van der Waals surface area (Å²) >= 11 is 3.58. The molecule has 0 radical (unpaired) electrons. The summed E-state index contributed by atoms with van der Waals surface area (Å²) in [5.41, 5.74) is 2.58. The first-order valence-electron chi connectivity index (χ1n) is 7.63. The van der Waals surface area contributed by atoms with Crippen LogP contribution < -0.4 is 10.2 Å². The Hall–Kier alpha value is -0.580. The summed E-state index contributed by atoms with van der Waals surface area (Å²) in [5.74, 6) is 0. The van der Waals surface area contributed by atoms with E-state index < -0.39 is 0 Å². The molecule has 0 bridgehead atoms. The molecule has 1 aromatic rings. The number of benzene rings is 1. The fraction of sp³-hybridized carbons (Fsp3) is 0.625. The Morgan fingerprint density at radius 1 is 1.35 bits per heavy atom. The van der Waals surface area contributed by atoms with E-state index in [1.165, 1.54) is 30.5 Å². The molecule has 0 spiro atoms. The molecule has 3 nitrogen and oxygen atoms in total. The normalized spacial score (nSPS) is 19.9. The lowest BCUT2D eigenvalue weighted by atomic mass is 10.1. The molecule has 1 unspecified atom stereocenters. The predicted octanol–water partition coefficient (Wildman–Crippen LogP) is 3.30. The van der Waals surface area contributed by atoms with Crippen molar-refractivity contribution in [2.24, 2.45) is 0 Å². The zero-order valence-corrected chi connectivity index (χ0v) is 13.8. The first-order valence-corrected chi connectivity index (χ1v) is 8.42. The molecule has 4 heteroatoms. The zero-order valence-electron chi connectivity index (χ0n) is 12.2. The first kappa shape index (κ1) is 15.8. The van der Waals surface area contributed by atoms with Crippen LogP contribution in [0.3, 0.4) is 0 Å². The molecule has 1 aromatic carbocycles. The Labute approximate surface area is 130 Å². The van der Waals surface area contributed by atoms with Crippen LogP contribution in [0.5, 0.6) is 0 Å². The highest BCUT2D eigenvalue weighted by Gasteiger charge is 2.22. The van der Waals surface area contributed by atoms with E-state index in [0.717, 1.165) is 30.5 Å². The van der Waals surface area contributed by atoms with Crippen LogP contribution in [0.4, 0.5) is 5.69 Å². The van der Waals surface area contributed by atoms with E-state index in [4.69, 9.17) is 0 Å². The van der Waals surface area contributed by atoms with Crippen LogP contribution in [0, 0.1) is 0 Å². The lowest BCUT2D eigenvalue weighted by molar-refractivity contribution is 0.255. The summed E-state index contributed by atoms with van der Waals surface area (Å²) in [6, 6.07) is 6.73. The Balaban J connectivity index is 2.29. The van der Waals surface area contributed by atoms with Crippen molar-refractivity contribution in [1.29, 1.82) is 0 Å². The molecule has 0 aliphatic carbocycles. The number of hydrogen-bond acceptors (Lipinski definition) is 3. The molecule has 1 aliphatic rings. The van der Waals surface area contributed by atoms with Crippen LogP contribution in [-0.4, -0.2) is 30.8 Å². The Morgan fingerprint density at radius 2 is 2.20 bits per heavy atom. The number of aliphatic hydroxyl groups is 1. The highest BCUT2D eigenvalue weighted by atomic mass is 79.9. The summed E-state index contributed by atoms with van der Waals surface area (Å²) in [4.78, 5) is 2.41. The van der Waals surface area contributed by atoms with Crippen LogP contribution in [0.15, 0.2) is 22.7 Å². The van der Waals surface area contributed by atoms with E-state index in [-0.39, 0.29) is 12.6 Å². The molecule has 1 atom stereocenters. The third-order valence-electron chi connectivity index (χ3n) is 4.01. The molecule has 20 heavy (non-hydrogen) atoms. The highest BCUT2D eigenvalue weighted by Crippen LogP contribution is 2.30. The minimum atomic E-state index is 0.243. The van der Waals surface area contributed by atoms with Crippen molar-refractivity contribution in [3.63, 3.8) is 0 Å². The van der Waals surface area contributed by atoms with Gasteiger partial charge in [-0.1, -0.05) is 41.8 Å². The van der Waals surface area contributed by atoms with E-state index in [2.05, 4.69) is 51.3 Å². The Kier molecular flexibility index (Phi) is 6.33. The van der Waals surface area contributed by atoms with Gasteiger partial charge in [0.1, 0.15) is 0 Å². The molecule has 1 fully saturated rings. The number of aliphatic hydroxyl groups excluding tert-OH is 1. The molecule has 2 N–H and O–H groups in total. The molecule has 1 heterocycles. The van der Waals surface area contributed by atoms with Crippen molar-refractivity contribution in [3.8, 4) is 0 Å². The van der Waals surface area contributed by atoms with Gasteiger partial charge >= 0.3 is 0 Å². The van der Waals surface area contributed by atoms with Gasteiger partial charge in [0.25, 0.3) is 0 Å². The van der Waals surface area contributed by atoms with E-state index in [1.54, 1.807) is 0 Å². The first-order chi connectivity index (χ1) is 9.76. The second kappa shape index (κ2) is 8.01. The van der Waals surface area contributed by atoms with E-state index >= 15 is 0 Å². The van der Waals surface area contributed by atoms with Crippen molar-refractivity contribution in [1.82, 2.24) is 5.32 Å². The van der Waals surface area contributed by atoms with Gasteiger partial charge in [0.15, 0.2) is 0 Å². The highest BCUT2D eigenvalue weighted by molar-refractivity contribution is 9.10. The Bertz CT molecular complexity index is 425. The van der Waals surface area contributed by atoms with Crippen LogP contribution in [0.25, 0.3) is 0 Å². The number of rotatable bonds is 5. The van der Waals surface area contributed by atoms with Gasteiger partial charge in [0.2, 0.25) is 0 Å². The number of nitrogens with one attached hydrogen (secondary N) is 1. The SMILES string of the molecule is CCNCc1ccc(Br)cc1N1CCCCCC1CO. The lowest BCUT2D eigenvalue weighted by Gasteiger charge is -2.33. The van der Waals surface area contributed by atoms with Gasteiger partial charge < -0.3 is 15.3 Å². The summed E-state index contributed by atoms with van der Waals surface area (Å²) in [6.07, 6.45) is 4.79. The van der Waals surface area contributed by atoms with Crippen molar-refractivity contribution in [2.45, 2.75) is 45.2 Å². The number of nitrogens with zero attached hydrogens (tertiary/aromatic N) is 1.